The maximum Gasteiger partial charge on any atom is 0.472 e. The smallest absolute Gasteiger partial charge is 0.462 e. The molecule has 86 heavy (non-hydrogen) atoms. The molecule has 0 saturated carbocycles. The highest BCUT2D eigenvalue weighted by atomic mass is 31.2. The molecule has 19 heteroatoms. The molecule has 0 fully saturated rings. The van der Waals surface area contributed by atoms with Gasteiger partial charge in [0.25, 0.3) is 0 Å². The molecule has 0 heterocycles. The highest BCUT2D eigenvalue weighted by Crippen LogP contribution is 2.45. The molecule has 0 amide bonds. The summed E-state index contributed by atoms with van der Waals surface area (Å²) in [5.41, 5.74) is 0. The molecule has 0 saturated heterocycles. The lowest BCUT2D eigenvalue weighted by Crippen LogP contribution is -2.30. The fourth-order valence-electron chi connectivity index (χ4n) is 10.1. The van der Waals surface area contributed by atoms with Gasteiger partial charge in [-0.3, -0.25) is 37.3 Å². The van der Waals surface area contributed by atoms with E-state index >= 15 is 0 Å². The van der Waals surface area contributed by atoms with Crippen molar-refractivity contribution >= 4 is 39.5 Å². The normalized spacial score (nSPS) is 14.5. The first kappa shape index (κ1) is 84.1. The Morgan fingerprint density at radius 3 is 0.826 bits per heavy atom. The van der Waals surface area contributed by atoms with Crippen molar-refractivity contribution in [1.82, 2.24) is 0 Å². The highest BCUT2D eigenvalue weighted by Gasteiger charge is 2.30. The van der Waals surface area contributed by atoms with E-state index < -0.39 is 97.5 Å². The largest absolute Gasteiger partial charge is 0.472 e. The lowest BCUT2D eigenvalue weighted by Gasteiger charge is -2.21. The molecule has 0 aromatic carbocycles. The standard InChI is InChI=1S/C67H130O17P2/c1-6-10-13-16-18-19-20-21-22-23-24-25-26-27-28-29-30-31-32-38-43-48-53-67(72)84-63(57-78-65(70)51-46-41-37-34-33-36-40-44-49-60(5)9-4)59-82-86(75,76)80-55-61(68)54-79-85(73,74)81-58-62(56-77-64(69)50-45-39-15-12-8-3)83-66(71)52-47-42-35-17-14-11-7-2/h60-63,68H,6-59H2,1-5H3,(H,73,74)(H,75,76)/t60?,61-,62+,63+/m0/s1. The first-order chi connectivity index (χ1) is 41.6. The number of carbonyl (C=O) groups is 4. The highest BCUT2D eigenvalue weighted by molar-refractivity contribution is 7.47. The van der Waals surface area contributed by atoms with Crippen LogP contribution < -0.4 is 0 Å². The molecule has 0 radical (unpaired) electrons. The van der Waals surface area contributed by atoms with E-state index in [2.05, 4.69) is 34.6 Å². The van der Waals surface area contributed by atoms with Crippen molar-refractivity contribution in [3.63, 3.8) is 0 Å². The van der Waals surface area contributed by atoms with Gasteiger partial charge in [-0.05, 0) is 31.6 Å². The van der Waals surface area contributed by atoms with Crippen LogP contribution in [0.5, 0.6) is 0 Å². The zero-order valence-corrected chi connectivity index (χ0v) is 57.2. The number of esters is 4. The molecule has 0 aliphatic rings. The Morgan fingerprint density at radius 2 is 0.558 bits per heavy atom. The van der Waals surface area contributed by atoms with E-state index in [-0.39, 0.29) is 25.7 Å². The average Bonchev–Trinajstić information content (AvgIpc) is 3.66. The van der Waals surface area contributed by atoms with Gasteiger partial charge in [0.05, 0.1) is 26.4 Å². The van der Waals surface area contributed by atoms with Gasteiger partial charge in [0.1, 0.15) is 19.3 Å². The van der Waals surface area contributed by atoms with Crippen LogP contribution in [0, 0.1) is 5.92 Å². The van der Waals surface area contributed by atoms with E-state index in [1.807, 2.05) is 0 Å². The van der Waals surface area contributed by atoms with Gasteiger partial charge in [0, 0.05) is 25.7 Å². The third-order valence-corrected chi connectivity index (χ3v) is 17.8. The Kier molecular flexibility index (Phi) is 59.2. The van der Waals surface area contributed by atoms with E-state index in [9.17, 15) is 43.2 Å². The minimum atomic E-state index is -4.94. The van der Waals surface area contributed by atoms with Crippen LogP contribution in [-0.4, -0.2) is 96.7 Å². The van der Waals surface area contributed by atoms with Crippen molar-refractivity contribution in [2.75, 3.05) is 39.6 Å². The molecule has 0 aliphatic carbocycles. The topological polar surface area (TPSA) is 237 Å². The third kappa shape index (κ3) is 59.7. The lowest BCUT2D eigenvalue weighted by atomic mass is 9.99. The Morgan fingerprint density at radius 1 is 0.326 bits per heavy atom. The minimum Gasteiger partial charge on any atom is -0.462 e. The summed E-state index contributed by atoms with van der Waals surface area (Å²) in [7, 11) is -9.88. The number of rotatable bonds is 67. The van der Waals surface area contributed by atoms with Crippen molar-refractivity contribution in [2.45, 2.75) is 361 Å². The van der Waals surface area contributed by atoms with Crippen LogP contribution in [0.4, 0.5) is 0 Å². The van der Waals surface area contributed by atoms with Crippen LogP contribution in [-0.2, 0) is 65.4 Å². The van der Waals surface area contributed by atoms with Gasteiger partial charge < -0.3 is 33.8 Å². The third-order valence-electron chi connectivity index (χ3n) is 15.9. The van der Waals surface area contributed by atoms with Crippen molar-refractivity contribution < 1.29 is 80.2 Å². The Hall–Kier alpha value is -1.94. The van der Waals surface area contributed by atoms with Gasteiger partial charge >= 0.3 is 39.5 Å². The van der Waals surface area contributed by atoms with Gasteiger partial charge in [0.15, 0.2) is 12.2 Å². The number of phosphoric acid groups is 2. The zero-order valence-electron chi connectivity index (χ0n) is 55.4. The summed E-state index contributed by atoms with van der Waals surface area (Å²) >= 11 is 0. The molecule has 0 spiro atoms. The molecule has 6 atom stereocenters. The summed E-state index contributed by atoms with van der Waals surface area (Å²) < 4.78 is 67.8. The summed E-state index contributed by atoms with van der Waals surface area (Å²) in [6, 6.07) is 0. The van der Waals surface area contributed by atoms with E-state index in [0.717, 1.165) is 115 Å². The average molecular weight is 1270 g/mol. The first-order valence-electron chi connectivity index (χ1n) is 35.2. The van der Waals surface area contributed by atoms with E-state index in [4.69, 9.17) is 37.0 Å². The van der Waals surface area contributed by atoms with Crippen LogP contribution in [0.25, 0.3) is 0 Å². The lowest BCUT2D eigenvalue weighted by molar-refractivity contribution is -0.161. The molecule has 3 unspecified atom stereocenters. The second kappa shape index (κ2) is 60.6. The summed E-state index contributed by atoms with van der Waals surface area (Å²) in [6.07, 6.45) is 46.6. The van der Waals surface area contributed by atoms with Gasteiger partial charge in [0.2, 0.25) is 0 Å². The molecular formula is C67H130O17P2. The van der Waals surface area contributed by atoms with Gasteiger partial charge in [-0.2, -0.15) is 0 Å². The predicted octanol–water partition coefficient (Wildman–Crippen LogP) is 19.0. The monoisotopic (exact) mass is 1270 g/mol. The number of hydrogen-bond donors (Lipinski definition) is 3. The van der Waals surface area contributed by atoms with Gasteiger partial charge in [-0.25, -0.2) is 9.13 Å². The fraction of sp³-hybridized carbons (Fsp3) is 0.940. The molecule has 0 aromatic heterocycles. The molecule has 0 rings (SSSR count). The second-order valence-corrected chi connectivity index (χ2v) is 27.4. The maximum absolute atomic E-state index is 13.0. The Labute approximate surface area is 524 Å². The minimum absolute atomic E-state index is 0.103. The molecule has 0 bridgehead atoms. The SMILES string of the molecule is CCCCCCCCCCCCCCCCCCCCCCCCC(=O)O[C@H](COC(=O)CCCCCCCCCCC(C)CC)COP(=O)(O)OC[C@@H](O)COP(=O)(O)OC[C@@H](COC(=O)CCCCCCC)OC(=O)CCCCCCCCC. The number of aliphatic hydroxyl groups is 1. The molecule has 0 aromatic rings. The first-order valence-corrected chi connectivity index (χ1v) is 38.2. The Bertz CT molecular complexity index is 1670. The number of carbonyl (C=O) groups excluding carboxylic acids is 4. The maximum atomic E-state index is 13.0. The van der Waals surface area contributed by atoms with Crippen molar-refractivity contribution in [2.24, 2.45) is 5.92 Å². The van der Waals surface area contributed by atoms with E-state index in [1.165, 1.54) is 148 Å². The molecule has 17 nitrogen and oxygen atoms in total. The zero-order chi connectivity index (χ0) is 63.5. The fourth-order valence-corrected chi connectivity index (χ4v) is 11.7. The number of phosphoric ester groups is 2. The van der Waals surface area contributed by atoms with Crippen molar-refractivity contribution in [3.05, 3.63) is 0 Å². The Balaban J connectivity index is 5.05. The van der Waals surface area contributed by atoms with Gasteiger partial charge in [-0.15, -0.1) is 0 Å². The summed E-state index contributed by atoms with van der Waals surface area (Å²) in [6.45, 7) is 7.08. The van der Waals surface area contributed by atoms with Crippen molar-refractivity contribution in [1.29, 1.82) is 0 Å². The van der Waals surface area contributed by atoms with Crippen LogP contribution in [0.1, 0.15) is 343 Å². The number of aliphatic hydroxyl groups excluding tert-OH is 1. The summed E-state index contributed by atoms with van der Waals surface area (Å²) in [5.74, 6) is -1.37. The molecule has 3 N–H and O–H groups in total. The molecule has 510 valence electrons. The van der Waals surface area contributed by atoms with E-state index in [0.29, 0.717) is 25.7 Å². The van der Waals surface area contributed by atoms with Crippen molar-refractivity contribution in [3.8, 4) is 0 Å². The van der Waals surface area contributed by atoms with Crippen LogP contribution in [0.3, 0.4) is 0 Å². The van der Waals surface area contributed by atoms with Crippen LogP contribution >= 0.6 is 15.6 Å². The molecular weight excluding hydrogens is 1140 g/mol. The predicted molar refractivity (Wildman–Crippen MR) is 345 cm³/mol. The summed E-state index contributed by atoms with van der Waals surface area (Å²) in [4.78, 5) is 71.9. The van der Waals surface area contributed by atoms with Gasteiger partial charge in [-0.1, -0.05) is 291 Å². The van der Waals surface area contributed by atoms with E-state index in [1.54, 1.807) is 0 Å². The number of unbranched alkanes of at least 4 members (excludes halogenated alkanes) is 38. The molecule has 0 aliphatic heterocycles. The van der Waals surface area contributed by atoms with Crippen LogP contribution in [0.2, 0.25) is 0 Å². The second-order valence-electron chi connectivity index (χ2n) is 24.5. The van der Waals surface area contributed by atoms with Crippen LogP contribution in [0.15, 0.2) is 0 Å². The quantitative estimate of drug-likeness (QED) is 0.0222. The number of hydrogen-bond acceptors (Lipinski definition) is 15. The number of ether oxygens (including phenoxy) is 4. The summed E-state index contributed by atoms with van der Waals surface area (Å²) in [5, 5.41) is 10.5.